The summed E-state index contributed by atoms with van der Waals surface area (Å²) in [6.45, 7) is 7.70. The van der Waals surface area contributed by atoms with E-state index in [9.17, 15) is 4.79 Å². The van der Waals surface area contributed by atoms with Crippen LogP contribution < -0.4 is 5.73 Å². The molecular weight excluding hydrogens is 238 g/mol. The highest BCUT2D eigenvalue weighted by atomic mass is 35.5. The molecule has 0 amide bonds. The van der Waals surface area contributed by atoms with Gasteiger partial charge in [0.2, 0.25) is 0 Å². The molecule has 1 atom stereocenters. The van der Waals surface area contributed by atoms with Crippen LogP contribution in [0.3, 0.4) is 0 Å². The zero-order chi connectivity index (χ0) is 13.4. The Hall–Kier alpha value is -0.870. The quantitative estimate of drug-likeness (QED) is 0.899. The number of halogens is 1. The van der Waals surface area contributed by atoms with E-state index in [1.807, 2.05) is 27.7 Å². The summed E-state index contributed by atoms with van der Waals surface area (Å²) in [5.74, 6) is -0.00417. The zero-order valence-corrected chi connectivity index (χ0v) is 11.8. The zero-order valence-electron chi connectivity index (χ0n) is 11.0. The number of rotatable bonds is 3. The summed E-state index contributed by atoms with van der Waals surface area (Å²) >= 11 is 6.08. The van der Waals surface area contributed by atoms with Gasteiger partial charge < -0.3 is 5.73 Å². The minimum absolute atomic E-state index is 0.00417. The van der Waals surface area contributed by atoms with E-state index >= 15 is 0 Å². The van der Waals surface area contributed by atoms with Gasteiger partial charge in [0.25, 0.3) is 0 Å². The van der Waals surface area contributed by atoms with Crippen LogP contribution in [0.2, 0.25) is 5.15 Å². The second kappa shape index (κ2) is 4.78. The van der Waals surface area contributed by atoms with Crippen molar-refractivity contribution in [3.8, 4) is 0 Å². The predicted octanol–water partition coefficient (Wildman–Crippen LogP) is 1.87. The van der Waals surface area contributed by atoms with Crippen LogP contribution in [-0.2, 0) is 18.3 Å². The Morgan fingerprint density at radius 2 is 2.06 bits per heavy atom. The van der Waals surface area contributed by atoms with Gasteiger partial charge in [0.15, 0.2) is 5.78 Å². The summed E-state index contributed by atoms with van der Waals surface area (Å²) in [4.78, 5) is 12.1. The van der Waals surface area contributed by atoms with Gasteiger partial charge >= 0.3 is 0 Å². The number of carbonyl (C=O) groups excluding carboxylic acids is 1. The number of nitrogens with zero attached hydrogens (tertiary/aromatic N) is 2. The summed E-state index contributed by atoms with van der Waals surface area (Å²) in [7, 11) is 1.76. The SMILES string of the molecule is Cc1nn(C)c(Cl)c1CC(=O)C(N)C(C)(C)C. The predicted molar refractivity (Wildman–Crippen MR) is 69.1 cm³/mol. The molecule has 0 aliphatic carbocycles. The maximum atomic E-state index is 12.1. The maximum absolute atomic E-state index is 12.1. The number of hydrogen-bond donors (Lipinski definition) is 1. The second-order valence-corrected chi connectivity index (χ2v) is 5.82. The molecule has 1 aromatic rings. The van der Waals surface area contributed by atoms with Crippen LogP contribution >= 0.6 is 11.6 Å². The van der Waals surface area contributed by atoms with Crippen molar-refractivity contribution in [2.24, 2.45) is 18.2 Å². The van der Waals surface area contributed by atoms with Crippen molar-refractivity contribution in [3.63, 3.8) is 0 Å². The van der Waals surface area contributed by atoms with E-state index in [1.54, 1.807) is 11.7 Å². The number of hydrogen-bond acceptors (Lipinski definition) is 3. The molecule has 0 aliphatic rings. The summed E-state index contributed by atoms with van der Waals surface area (Å²) in [6.07, 6.45) is 0.247. The standard InChI is InChI=1S/C12H20ClN3O/c1-7-8(11(13)16(5)15-7)6-9(17)10(14)12(2,3)4/h10H,6,14H2,1-5H3. The Kier molecular flexibility index (Phi) is 3.99. The highest BCUT2D eigenvalue weighted by molar-refractivity contribution is 6.30. The van der Waals surface area contributed by atoms with Crippen molar-refractivity contribution in [1.29, 1.82) is 0 Å². The molecule has 0 bridgehead atoms. The Labute approximate surface area is 107 Å². The van der Waals surface area contributed by atoms with Crippen LogP contribution in [-0.4, -0.2) is 21.6 Å². The molecule has 1 heterocycles. The first-order valence-corrected chi connectivity index (χ1v) is 5.98. The van der Waals surface area contributed by atoms with Gasteiger partial charge in [0.1, 0.15) is 5.15 Å². The first kappa shape index (κ1) is 14.2. The van der Waals surface area contributed by atoms with Gasteiger partial charge in [-0.1, -0.05) is 32.4 Å². The molecule has 1 unspecified atom stereocenters. The van der Waals surface area contributed by atoms with E-state index in [0.29, 0.717) is 5.15 Å². The summed E-state index contributed by atoms with van der Waals surface area (Å²) in [5, 5.41) is 4.69. The van der Waals surface area contributed by atoms with Gasteiger partial charge in [-0.15, -0.1) is 0 Å². The lowest BCUT2D eigenvalue weighted by Gasteiger charge is -2.25. The van der Waals surface area contributed by atoms with Crippen molar-refractivity contribution < 1.29 is 4.79 Å². The highest BCUT2D eigenvalue weighted by Gasteiger charge is 2.28. The third kappa shape index (κ3) is 3.07. The van der Waals surface area contributed by atoms with Crippen LogP contribution in [0.4, 0.5) is 0 Å². The average molecular weight is 258 g/mol. The van der Waals surface area contributed by atoms with E-state index in [-0.39, 0.29) is 17.6 Å². The first-order chi connectivity index (χ1) is 7.64. The minimum atomic E-state index is -0.488. The number of nitrogens with two attached hydrogens (primary N) is 1. The second-order valence-electron chi connectivity index (χ2n) is 5.47. The van der Waals surface area contributed by atoms with Crippen LogP contribution in [0.5, 0.6) is 0 Å². The van der Waals surface area contributed by atoms with E-state index < -0.39 is 6.04 Å². The van der Waals surface area contributed by atoms with Crippen LogP contribution in [0, 0.1) is 12.3 Å². The molecular formula is C12H20ClN3O. The maximum Gasteiger partial charge on any atom is 0.154 e. The lowest BCUT2D eigenvalue weighted by molar-refractivity contribution is -0.121. The first-order valence-electron chi connectivity index (χ1n) is 5.61. The lowest BCUT2D eigenvalue weighted by Crippen LogP contribution is -2.43. The molecule has 4 nitrogen and oxygen atoms in total. The molecule has 0 saturated carbocycles. The third-order valence-corrected chi connectivity index (χ3v) is 3.37. The molecule has 0 aromatic carbocycles. The summed E-state index contributed by atoms with van der Waals surface area (Å²) < 4.78 is 1.57. The van der Waals surface area contributed by atoms with Gasteiger partial charge in [-0.3, -0.25) is 9.48 Å². The molecule has 0 aliphatic heterocycles. The number of ketones is 1. The van der Waals surface area contributed by atoms with Crippen LogP contribution in [0.25, 0.3) is 0 Å². The molecule has 0 fully saturated rings. The van der Waals surface area contributed by atoms with E-state index in [2.05, 4.69) is 5.10 Å². The van der Waals surface area contributed by atoms with E-state index in [1.165, 1.54) is 0 Å². The Morgan fingerprint density at radius 3 is 2.41 bits per heavy atom. The average Bonchev–Trinajstić information content (AvgIpc) is 2.42. The molecule has 0 spiro atoms. The fourth-order valence-electron chi connectivity index (χ4n) is 1.64. The molecule has 5 heteroatoms. The lowest BCUT2D eigenvalue weighted by atomic mass is 9.83. The third-order valence-electron chi connectivity index (χ3n) is 2.90. The molecule has 0 radical (unpaired) electrons. The van der Waals surface area contributed by atoms with E-state index in [0.717, 1.165) is 11.3 Å². The molecule has 2 N–H and O–H groups in total. The fraction of sp³-hybridized carbons (Fsp3) is 0.667. The minimum Gasteiger partial charge on any atom is -0.321 e. The van der Waals surface area contributed by atoms with Crippen LogP contribution in [0.1, 0.15) is 32.0 Å². The molecule has 0 saturated heterocycles. The molecule has 17 heavy (non-hydrogen) atoms. The highest BCUT2D eigenvalue weighted by Crippen LogP contribution is 2.23. The van der Waals surface area contributed by atoms with Gasteiger partial charge in [-0.2, -0.15) is 5.10 Å². The number of Topliss-reactive ketones (excluding diaryl/α,β-unsaturated/α-hetero) is 1. The van der Waals surface area contributed by atoms with Crippen molar-refractivity contribution >= 4 is 17.4 Å². The van der Waals surface area contributed by atoms with Crippen molar-refractivity contribution in [2.45, 2.75) is 40.2 Å². The van der Waals surface area contributed by atoms with Crippen LogP contribution in [0.15, 0.2) is 0 Å². The van der Waals surface area contributed by atoms with Gasteiger partial charge in [-0.25, -0.2) is 0 Å². The molecule has 1 aromatic heterocycles. The van der Waals surface area contributed by atoms with Gasteiger partial charge in [0.05, 0.1) is 11.7 Å². The van der Waals surface area contributed by atoms with Crippen molar-refractivity contribution in [3.05, 3.63) is 16.4 Å². The largest absolute Gasteiger partial charge is 0.321 e. The number of carbonyl (C=O) groups is 1. The molecule has 96 valence electrons. The topological polar surface area (TPSA) is 60.9 Å². The van der Waals surface area contributed by atoms with Crippen molar-refractivity contribution in [2.75, 3.05) is 0 Å². The Balaban J connectivity index is 2.89. The number of aryl methyl sites for hydroxylation is 2. The Morgan fingerprint density at radius 1 is 1.53 bits per heavy atom. The summed E-state index contributed by atoms with van der Waals surface area (Å²) in [5.41, 5.74) is 7.25. The fourth-order valence-corrected chi connectivity index (χ4v) is 1.88. The van der Waals surface area contributed by atoms with Gasteiger partial charge in [-0.05, 0) is 12.3 Å². The monoisotopic (exact) mass is 257 g/mol. The van der Waals surface area contributed by atoms with E-state index in [4.69, 9.17) is 17.3 Å². The van der Waals surface area contributed by atoms with Crippen molar-refractivity contribution in [1.82, 2.24) is 9.78 Å². The number of aromatic nitrogens is 2. The smallest absolute Gasteiger partial charge is 0.154 e. The van der Waals surface area contributed by atoms with Gasteiger partial charge in [0, 0.05) is 19.0 Å². The Bertz CT molecular complexity index is 432. The summed E-state index contributed by atoms with van der Waals surface area (Å²) in [6, 6.07) is -0.488. The molecule has 1 rings (SSSR count). The normalized spacial score (nSPS) is 13.8.